The number of hydrogen-bond acceptors (Lipinski definition) is 9. The van der Waals surface area contributed by atoms with Crippen LogP contribution in [0.3, 0.4) is 0 Å². The maximum atomic E-state index is 10.2. The van der Waals surface area contributed by atoms with Gasteiger partial charge in [0.15, 0.2) is 0 Å². The molecule has 0 radical (unpaired) electrons. The molecule has 0 aliphatic rings. The molecule has 0 saturated carbocycles. The molecule has 0 aliphatic heterocycles. The van der Waals surface area contributed by atoms with Gasteiger partial charge in [-0.15, -0.1) is 0 Å². The fourth-order valence-corrected chi connectivity index (χ4v) is 0.624. The third-order valence-electron chi connectivity index (χ3n) is 1.10. The molecule has 16 nitrogen and oxygen atoms in total. The quantitative estimate of drug-likeness (QED) is 0.216. The van der Waals surface area contributed by atoms with Crippen LogP contribution in [0.25, 0.3) is 5.43 Å². The fraction of sp³-hybridized carbons (Fsp3) is 0. The van der Waals surface area contributed by atoms with Crippen LogP contribution in [0.4, 0.5) is 17.8 Å². The van der Waals surface area contributed by atoms with Gasteiger partial charge in [0.05, 0.1) is 0 Å². The molecule has 0 aliphatic carbocycles. The predicted octanol–water partition coefficient (Wildman–Crippen LogP) is -3.10. The molecule has 108 valence electrons. The summed E-state index contributed by atoms with van der Waals surface area (Å²) in [7, 11) is 0. The molecule has 0 spiro atoms. The lowest BCUT2D eigenvalue weighted by molar-refractivity contribution is -0.422. The van der Waals surface area contributed by atoms with Crippen molar-refractivity contribution in [3.05, 3.63) is 35.8 Å². The van der Waals surface area contributed by atoms with Gasteiger partial charge in [-0.05, 0) is 19.8 Å². The van der Waals surface area contributed by atoms with Crippen LogP contribution in [0.2, 0.25) is 0 Å². The van der Waals surface area contributed by atoms with Gasteiger partial charge in [-0.1, -0.05) is 0 Å². The van der Waals surface area contributed by atoms with Gasteiger partial charge in [-0.2, -0.15) is 0 Å². The lowest BCUT2D eigenvalue weighted by Gasteiger charge is -1.94. The Morgan fingerprint density at radius 1 is 1.00 bits per heavy atom. The maximum absolute atomic E-state index is 10.2. The molecular weight excluding hydrogens is 284 g/mol. The van der Waals surface area contributed by atoms with Crippen LogP contribution in [0.15, 0.2) is 0 Å². The Morgan fingerprint density at radius 2 is 1.35 bits per heavy atom. The highest BCUT2D eigenvalue weighted by Crippen LogP contribution is 2.18. The van der Waals surface area contributed by atoms with Crippen molar-refractivity contribution in [2.24, 2.45) is 11.5 Å². The van der Waals surface area contributed by atoms with Crippen LogP contribution in [-0.4, -0.2) is 35.8 Å². The van der Waals surface area contributed by atoms with Crippen molar-refractivity contribution in [2.75, 3.05) is 0 Å². The largest absolute Gasteiger partial charge is 0.478 e. The van der Waals surface area contributed by atoms with E-state index < -0.39 is 32.7 Å². The predicted molar refractivity (Wildman–Crippen MR) is 58.5 cm³/mol. The van der Waals surface area contributed by atoms with Crippen LogP contribution in [0.1, 0.15) is 0 Å². The summed E-state index contributed by atoms with van der Waals surface area (Å²) in [6.07, 6.45) is 0. The van der Waals surface area contributed by atoms with E-state index in [1.807, 2.05) is 0 Å². The highest BCUT2D eigenvalue weighted by Gasteiger charge is 2.25. The lowest BCUT2D eigenvalue weighted by atomic mass is 10.8. The molecular formula is C4H6N10O6. The molecule has 0 saturated heterocycles. The zero-order valence-electron chi connectivity index (χ0n) is 9.31. The second-order valence-electron chi connectivity index (χ2n) is 2.59. The van der Waals surface area contributed by atoms with E-state index in [0.29, 0.717) is 0 Å². The molecule has 1 heterocycles. The van der Waals surface area contributed by atoms with E-state index in [2.05, 4.69) is 37.3 Å². The molecule has 20 heavy (non-hydrogen) atoms. The molecule has 0 fully saturated rings. The first-order valence-electron chi connectivity index (χ1n) is 4.17. The summed E-state index contributed by atoms with van der Waals surface area (Å²) < 4.78 is 0. The smallest absolute Gasteiger partial charge is 0.390 e. The molecule has 1 aromatic rings. The van der Waals surface area contributed by atoms with Crippen molar-refractivity contribution >= 4 is 23.8 Å². The number of rotatable bonds is 4. The minimum Gasteiger partial charge on any atom is -0.390 e. The van der Waals surface area contributed by atoms with Gasteiger partial charge in [0.1, 0.15) is 5.03 Å². The lowest BCUT2D eigenvalue weighted by Crippen LogP contribution is -2.51. The van der Waals surface area contributed by atoms with Crippen molar-refractivity contribution in [1.82, 2.24) is 15.0 Å². The standard InChI is InChI=1S/C3N7O6.CH5N3/c11-8(12)2-4-1(7-10(15)16)5-3(6-2)9(13)14;2-1(3)4/h;(H5,2,3,4)/q-1;/p+1. The first kappa shape index (κ1) is 16.3. The van der Waals surface area contributed by atoms with Crippen molar-refractivity contribution in [2.45, 2.75) is 0 Å². The molecule has 0 atom stereocenters. The molecule has 0 unspecified atom stereocenters. The summed E-state index contributed by atoms with van der Waals surface area (Å²) in [6, 6.07) is 0. The maximum Gasteiger partial charge on any atom is 0.478 e. The molecule has 16 heteroatoms. The normalized spacial score (nSPS) is 8.80. The van der Waals surface area contributed by atoms with E-state index in [9.17, 15) is 30.3 Å². The minimum absolute atomic E-state index is 0.0833. The zero-order valence-corrected chi connectivity index (χ0v) is 9.31. The van der Waals surface area contributed by atoms with Crippen molar-refractivity contribution < 1.29 is 20.3 Å². The Bertz CT molecular complexity index is 520. The van der Waals surface area contributed by atoms with E-state index in [4.69, 9.17) is 0 Å². The van der Waals surface area contributed by atoms with E-state index in [1.54, 1.807) is 0 Å². The minimum atomic E-state index is -1.25. The number of aromatic nitrogens is 3. The van der Waals surface area contributed by atoms with Gasteiger partial charge in [-0.3, -0.25) is 16.9 Å². The molecule has 6 N–H and O–H groups in total. The fourth-order valence-electron chi connectivity index (χ4n) is 0.624. The number of guanidine groups is 1. The zero-order chi connectivity index (χ0) is 15.9. The van der Waals surface area contributed by atoms with Crippen LogP contribution < -0.4 is 16.9 Å². The van der Waals surface area contributed by atoms with Crippen LogP contribution >= 0.6 is 0 Å². The number of nitrogens with zero attached hydrogens (tertiary/aromatic N) is 7. The second-order valence-corrected chi connectivity index (χ2v) is 2.59. The molecule has 0 aromatic carbocycles. The highest BCUT2D eigenvalue weighted by atomic mass is 16.7. The van der Waals surface area contributed by atoms with Gasteiger partial charge >= 0.3 is 23.8 Å². The first-order valence-corrected chi connectivity index (χ1v) is 4.17. The van der Waals surface area contributed by atoms with E-state index in [1.165, 1.54) is 0 Å². The summed E-state index contributed by atoms with van der Waals surface area (Å²) in [4.78, 5) is 36.8. The van der Waals surface area contributed by atoms with Crippen molar-refractivity contribution in [1.29, 1.82) is 0 Å². The SMILES string of the molecule is NC(N)=[NH2+].O=[N+]([O-])[N-]c1nc([N+](=O)[O-])nc([N+](=O)[O-])n1. The van der Waals surface area contributed by atoms with E-state index in [-0.39, 0.29) is 5.96 Å². The van der Waals surface area contributed by atoms with Gasteiger partial charge < -0.3 is 20.2 Å². The Hall–Kier alpha value is -3.72. The van der Waals surface area contributed by atoms with Crippen molar-refractivity contribution in [3.63, 3.8) is 0 Å². The Kier molecular flexibility index (Phi) is 5.60. The third kappa shape index (κ3) is 6.12. The molecule has 0 bridgehead atoms. The summed E-state index contributed by atoms with van der Waals surface area (Å²) in [5.74, 6) is -3.48. The Morgan fingerprint density at radius 3 is 1.60 bits per heavy atom. The molecule has 1 rings (SSSR count). The van der Waals surface area contributed by atoms with Crippen LogP contribution in [0.5, 0.6) is 0 Å². The average molecular weight is 290 g/mol. The highest BCUT2D eigenvalue weighted by molar-refractivity contribution is 5.68. The number of hydrogen-bond donors (Lipinski definition) is 3. The summed E-state index contributed by atoms with van der Waals surface area (Å²) in [5, 5.41) is 33.7. The second kappa shape index (κ2) is 6.88. The topological polar surface area (TPSA) is 260 Å². The summed E-state index contributed by atoms with van der Waals surface area (Å²) >= 11 is 0. The van der Waals surface area contributed by atoms with Crippen molar-refractivity contribution in [3.8, 4) is 0 Å². The van der Waals surface area contributed by atoms with Gasteiger partial charge in [-0.25, -0.2) is 10.1 Å². The van der Waals surface area contributed by atoms with E-state index in [0.717, 1.165) is 0 Å². The average Bonchev–Trinajstić information content (AvgIpc) is 2.26. The number of nitro groups is 3. The van der Waals surface area contributed by atoms with Gasteiger partial charge in [0.2, 0.25) is 0 Å². The first-order chi connectivity index (χ1) is 9.13. The summed E-state index contributed by atoms with van der Waals surface area (Å²) in [6.45, 7) is 0. The summed E-state index contributed by atoms with van der Waals surface area (Å²) in [5.41, 5.74) is 11.7. The third-order valence-corrected chi connectivity index (χ3v) is 1.10. The van der Waals surface area contributed by atoms with Gasteiger partial charge in [0.25, 0.3) is 0 Å². The van der Waals surface area contributed by atoms with Gasteiger partial charge in [0, 0.05) is 10.4 Å². The Balaban J connectivity index is 0.000000796. The van der Waals surface area contributed by atoms with Crippen LogP contribution in [0, 0.1) is 30.3 Å². The molecule has 0 amide bonds. The van der Waals surface area contributed by atoms with E-state index >= 15 is 0 Å². The monoisotopic (exact) mass is 290 g/mol. The number of nitrogens with two attached hydrogens (primary N) is 3. The van der Waals surface area contributed by atoms with Crippen LogP contribution in [-0.2, 0) is 0 Å². The Labute approximate surface area is 107 Å². The molecule has 1 aromatic heterocycles.